The smallest absolute Gasteiger partial charge is 0.273 e. The summed E-state index contributed by atoms with van der Waals surface area (Å²) in [6.07, 6.45) is 0. The Hall–Kier alpha value is -1.36. The minimum Gasteiger partial charge on any atom is -0.360 e. The van der Waals surface area contributed by atoms with Crippen LogP contribution in [0.3, 0.4) is 0 Å². The minimum absolute atomic E-state index is 0.218. The number of carbonyl (C=O) groups is 1. The van der Waals surface area contributed by atoms with Gasteiger partial charge in [0.25, 0.3) is 5.91 Å². The Morgan fingerprint density at radius 2 is 2.12 bits per heavy atom. The van der Waals surface area contributed by atoms with E-state index < -0.39 is 5.54 Å². The molecule has 0 radical (unpaired) electrons. The van der Waals surface area contributed by atoms with Crippen molar-refractivity contribution in [1.82, 2.24) is 10.5 Å². The van der Waals surface area contributed by atoms with E-state index in [0.717, 1.165) is 11.3 Å². The third-order valence-corrected chi connectivity index (χ3v) is 2.40. The fraction of sp³-hybridized carbons (Fsp3) is 0.667. The summed E-state index contributed by atoms with van der Waals surface area (Å²) in [6.45, 7) is 9.94. The van der Waals surface area contributed by atoms with E-state index in [0.29, 0.717) is 12.2 Å². The number of amides is 1. The fourth-order valence-electron chi connectivity index (χ4n) is 1.49. The second-order valence-electron chi connectivity index (χ2n) is 5.35. The fourth-order valence-corrected chi connectivity index (χ4v) is 1.49. The lowest BCUT2D eigenvalue weighted by molar-refractivity contribution is 0.0936. The van der Waals surface area contributed by atoms with E-state index in [1.165, 1.54) is 0 Å². The van der Waals surface area contributed by atoms with Crippen LogP contribution in [0.1, 0.15) is 55.4 Å². The molecule has 0 aromatic carbocycles. The van der Waals surface area contributed by atoms with Gasteiger partial charge in [0, 0.05) is 23.6 Å². The first-order chi connectivity index (χ1) is 7.72. The largest absolute Gasteiger partial charge is 0.360 e. The van der Waals surface area contributed by atoms with E-state index in [1.54, 1.807) is 0 Å². The molecule has 0 bridgehead atoms. The third-order valence-electron chi connectivity index (χ3n) is 2.40. The quantitative estimate of drug-likeness (QED) is 0.835. The molecular weight excluding hydrogens is 218 g/mol. The van der Waals surface area contributed by atoms with Gasteiger partial charge in [-0.3, -0.25) is 4.79 Å². The molecule has 0 unspecified atom stereocenters. The summed E-state index contributed by atoms with van der Waals surface area (Å²) in [6, 6.07) is 0. The molecule has 96 valence electrons. The van der Waals surface area contributed by atoms with Gasteiger partial charge in [0.1, 0.15) is 5.76 Å². The molecule has 3 N–H and O–H groups in total. The van der Waals surface area contributed by atoms with Gasteiger partial charge >= 0.3 is 0 Å². The summed E-state index contributed by atoms with van der Waals surface area (Å²) in [5.74, 6) is 0.730. The van der Waals surface area contributed by atoms with Crippen molar-refractivity contribution in [2.45, 2.75) is 46.1 Å². The molecule has 1 aromatic rings. The van der Waals surface area contributed by atoms with E-state index in [4.69, 9.17) is 10.3 Å². The predicted molar refractivity (Wildman–Crippen MR) is 65.9 cm³/mol. The lowest BCUT2D eigenvalue weighted by Crippen LogP contribution is -2.45. The monoisotopic (exact) mass is 239 g/mol. The third kappa shape index (κ3) is 3.56. The Kier molecular flexibility index (Phi) is 3.93. The van der Waals surface area contributed by atoms with Crippen molar-refractivity contribution in [2.75, 3.05) is 6.54 Å². The molecule has 0 spiro atoms. The summed E-state index contributed by atoms with van der Waals surface area (Å²) in [4.78, 5) is 11.9. The number of nitrogens with one attached hydrogen (secondary N) is 1. The Bertz CT molecular complexity index is 402. The van der Waals surface area contributed by atoms with Crippen molar-refractivity contribution in [3.05, 3.63) is 17.0 Å². The van der Waals surface area contributed by atoms with Gasteiger partial charge in [-0.15, -0.1) is 0 Å². The standard InChI is InChI=1S/C12H21N3O2/c1-7(2)10-8(3)9(15-17-10)11(16)14-6-12(4,5)13/h7H,6,13H2,1-5H3,(H,14,16). The first kappa shape index (κ1) is 13.7. The van der Waals surface area contributed by atoms with Crippen molar-refractivity contribution in [2.24, 2.45) is 5.73 Å². The molecule has 0 aliphatic carbocycles. The summed E-state index contributed by atoms with van der Waals surface area (Å²) < 4.78 is 5.17. The molecule has 5 heteroatoms. The van der Waals surface area contributed by atoms with Crippen molar-refractivity contribution < 1.29 is 9.32 Å². The van der Waals surface area contributed by atoms with Crippen molar-refractivity contribution in [3.63, 3.8) is 0 Å². The van der Waals surface area contributed by atoms with Crippen molar-refractivity contribution in [1.29, 1.82) is 0 Å². The maximum absolute atomic E-state index is 11.9. The van der Waals surface area contributed by atoms with Crippen LogP contribution in [0.15, 0.2) is 4.52 Å². The van der Waals surface area contributed by atoms with Gasteiger partial charge in [0.2, 0.25) is 0 Å². The van der Waals surface area contributed by atoms with E-state index in [9.17, 15) is 4.79 Å². The Balaban J connectivity index is 2.77. The SMILES string of the molecule is Cc1c(C(=O)NCC(C)(C)N)noc1C(C)C. The maximum Gasteiger partial charge on any atom is 0.273 e. The normalized spacial score (nSPS) is 11.9. The second kappa shape index (κ2) is 4.87. The number of hydrogen-bond acceptors (Lipinski definition) is 4. The van der Waals surface area contributed by atoms with Crippen LogP contribution in [-0.4, -0.2) is 23.1 Å². The number of carbonyl (C=O) groups excluding carboxylic acids is 1. The van der Waals surface area contributed by atoms with Gasteiger partial charge in [-0.05, 0) is 20.8 Å². The first-order valence-corrected chi connectivity index (χ1v) is 5.75. The van der Waals surface area contributed by atoms with Gasteiger partial charge in [0.05, 0.1) is 0 Å². The van der Waals surface area contributed by atoms with Crippen molar-refractivity contribution in [3.8, 4) is 0 Å². The maximum atomic E-state index is 11.9. The highest BCUT2D eigenvalue weighted by Crippen LogP contribution is 2.21. The van der Waals surface area contributed by atoms with Gasteiger partial charge in [-0.25, -0.2) is 0 Å². The molecule has 1 heterocycles. The topological polar surface area (TPSA) is 81.2 Å². The van der Waals surface area contributed by atoms with Crippen LogP contribution < -0.4 is 11.1 Å². The van der Waals surface area contributed by atoms with Gasteiger partial charge < -0.3 is 15.6 Å². The van der Waals surface area contributed by atoms with Crippen LogP contribution in [0.25, 0.3) is 0 Å². The molecule has 1 aromatic heterocycles. The van der Waals surface area contributed by atoms with E-state index in [2.05, 4.69) is 10.5 Å². The van der Waals surface area contributed by atoms with E-state index >= 15 is 0 Å². The highest BCUT2D eigenvalue weighted by atomic mass is 16.5. The number of aromatic nitrogens is 1. The van der Waals surface area contributed by atoms with Crippen LogP contribution in [0.2, 0.25) is 0 Å². The van der Waals surface area contributed by atoms with Crippen LogP contribution in [0, 0.1) is 6.92 Å². The van der Waals surface area contributed by atoms with Gasteiger partial charge in [-0.1, -0.05) is 19.0 Å². The van der Waals surface area contributed by atoms with Crippen molar-refractivity contribution >= 4 is 5.91 Å². The van der Waals surface area contributed by atoms with E-state index in [1.807, 2.05) is 34.6 Å². The Morgan fingerprint density at radius 1 is 1.53 bits per heavy atom. The number of rotatable bonds is 4. The van der Waals surface area contributed by atoms with Crippen LogP contribution in [0.4, 0.5) is 0 Å². The van der Waals surface area contributed by atoms with Crippen LogP contribution in [0.5, 0.6) is 0 Å². The highest BCUT2D eigenvalue weighted by Gasteiger charge is 2.21. The summed E-state index contributed by atoms with van der Waals surface area (Å²) >= 11 is 0. The average Bonchev–Trinajstić information content (AvgIpc) is 2.55. The molecule has 0 aliphatic heterocycles. The van der Waals surface area contributed by atoms with Crippen LogP contribution in [-0.2, 0) is 0 Å². The summed E-state index contributed by atoms with van der Waals surface area (Å²) in [5.41, 5.74) is 6.50. The molecule has 17 heavy (non-hydrogen) atoms. The zero-order valence-corrected chi connectivity index (χ0v) is 11.1. The molecule has 5 nitrogen and oxygen atoms in total. The molecule has 0 saturated heterocycles. The number of hydrogen-bond donors (Lipinski definition) is 2. The van der Waals surface area contributed by atoms with Crippen LogP contribution >= 0.6 is 0 Å². The number of nitrogens with zero attached hydrogens (tertiary/aromatic N) is 1. The Morgan fingerprint density at radius 3 is 2.53 bits per heavy atom. The zero-order chi connectivity index (χ0) is 13.2. The lowest BCUT2D eigenvalue weighted by atomic mass is 10.1. The average molecular weight is 239 g/mol. The van der Waals surface area contributed by atoms with Gasteiger partial charge in [0.15, 0.2) is 5.69 Å². The molecule has 0 atom stereocenters. The highest BCUT2D eigenvalue weighted by molar-refractivity contribution is 5.93. The number of nitrogens with two attached hydrogens (primary N) is 1. The molecule has 0 aliphatic rings. The molecule has 1 amide bonds. The Labute approximate surface area is 102 Å². The van der Waals surface area contributed by atoms with Gasteiger partial charge in [-0.2, -0.15) is 0 Å². The summed E-state index contributed by atoms with van der Waals surface area (Å²) in [7, 11) is 0. The zero-order valence-electron chi connectivity index (χ0n) is 11.1. The lowest BCUT2D eigenvalue weighted by Gasteiger charge is -2.18. The van der Waals surface area contributed by atoms with E-state index in [-0.39, 0.29) is 11.8 Å². The summed E-state index contributed by atoms with van der Waals surface area (Å²) in [5, 5.41) is 6.56. The second-order valence-corrected chi connectivity index (χ2v) is 5.35. The molecule has 0 saturated carbocycles. The molecular formula is C12H21N3O2. The predicted octanol–water partition coefficient (Wildman–Crippen LogP) is 1.57. The first-order valence-electron chi connectivity index (χ1n) is 5.75. The molecule has 1 rings (SSSR count). The minimum atomic E-state index is -0.436. The molecule has 0 fully saturated rings.